The maximum atomic E-state index is 13.5. The number of benzene rings is 1. The van der Waals surface area contributed by atoms with Gasteiger partial charge in [-0.15, -0.1) is 10.2 Å². The van der Waals surface area contributed by atoms with Crippen LogP contribution in [0.2, 0.25) is 5.02 Å². The molecule has 1 aromatic heterocycles. The van der Waals surface area contributed by atoms with Crippen LogP contribution in [0.1, 0.15) is 11.5 Å². The topological polar surface area (TPSA) is 64.9 Å². The Balaban J connectivity index is 2.04. The lowest BCUT2D eigenvalue weighted by Crippen LogP contribution is -1.95. The van der Waals surface area contributed by atoms with Crippen LogP contribution in [0.15, 0.2) is 27.8 Å². The summed E-state index contributed by atoms with van der Waals surface area (Å²) in [6.07, 6.45) is 0. The van der Waals surface area contributed by atoms with E-state index in [0.29, 0.717) is 22.4 Å². The molecule has 0 bridgehead atoms. The second-order valence-electron chi connectivity index (χ2n) is 3.17. The molecule has 0 saturated heterocycles. The third kappa shape index (κ3) is 2.96. The molecule has 1 aromatic carbocycles. The Morgan fingerprint density at radius 2 is 2.24 bits per heavy atom. The molecule has 0 aliphatic rings. The van der Waals surface area contributed by atoms with Crippen LogP contribution in [0.4, 0.5) is 4.39 Å². The van der Waals surface area contributed by atoms with Crippen molar-refractivity contribution in [3.05, 3.63) is 40.5 Å². The van der Waals surface area contributed by atoms with E-state index in [-0.39, 0.29) is 11.6 Å². The van der Waals surface area contributed by atoms with Crippen molar-refractivity contribution in [2.24, 2.45) is 5.73 Å². The van der Waals surface area contributed by atoms with E-state index in [9.17, 15) is 4.39 Å². The first-order chi connectivity index (χ1) is 8.20. The van der Waals surface area contributed by atoms with Gasteiger partial charge in [-0.3, -0.25) is 0 Å². The van der Waals surface area contributed by atoms with E-state index < -0.39 is 5.82 Å². The van der Waals surface area contributed by atoms with Gasteiger partial charge in [-0.25, -0.2) is 4.39 Å². The number of nitrogens with two attached hydrogens (primary N) is 1. The zero-order valence-corrected chi connectivity index (χ0v) is 10.3. The van der Waals surface area contributed by atoms with E-state index in [0.717, 1.165) is 0 Å². The van der Waals surface area contributed by atoms with Gasteiger partial charge in [0.2, 0.25) is 5.89 Å². The quantitative estimate of drug-likeness (QED) is 0.868. The van der Waals surface area contributed by atoms with E-state index in [1.54, 1.807) is 12.1 Å². The number of hydrogen-bond acceptors (Lipinski definition) is 5. The fourth-order valence-corrected chi connectivity index (χ4v) is 2.13. The van der Waals surface area contributed by atoms with E-state index in [4.69, 9.17) is 21.8 Å². The van der Waals surface area contributed by atoms with Crippen molar-refractivity contribution in [3.63, 3.8) is 0 Å². The standard InChI is InChI=1S/C10H9ClFN3OS/c11-7-3-1-2-6(9(7)12)5-17-10-15-14-8(4-13)16-10/h1-3H,4-5,13H2. The molecule has 7 heteroatoms. The first kappa shape index (κ1) is 12.3. The first-order valence-electron chi connectivity index (χ1n) is 4.79. The van der Waals surface area contributed by atoms with Gasteiger partial charge in [0, 0.05) is 5.75 Å². The lowest BCUT2D eigenvalue weighted by molar-refractivity contribution is 0.414. The summed E-state index contributed by atoms with van der Waals surface area (Å²) in [7, 11) is 0. The maximum absolute atomic E-state index is 13.5. The Kier molecular flexibility index (Phi) is 3.98. The Hall–Kier alpha value is -1.11. The molecule has 0 spiro atoms. The van der Waals surface area contributed by atoms with Gasteiger partial charge in [0.25, 0.3) is 5.22 Å². The molecule has 2 aromatic rings. The molecule has 0 amide bonds. The summed E-state index contributed by atoms with van der Waals surface area (Å²) in [6, 6.07) is 4.86. The van der Waals surface area contributed by atoms with E-state index in [1.807, 2.05) is 0 Å². The van der Waals surface area contributed by atoms with Crippen LogP contribution in [0.25, 0.3) is 0 Å². The summed E-state index contributed by atoms with van der Waals surface area (Å²) in [5, 5.41) is 7.94. The Morgan fingerprint density at radius 1 is 1.41 bits per heavy atom. The number of aromatic nitrogens is 2. The molecule has 0 fully saturated rings. The third-order valence-electron chi connectivity index (χ3n) is 2.01. The molecule has 0 radical (unpaired) electrons. The number of rotatable bonds is 4. The molecular formula is C10H9ClFN3OS. The lowest BCUT2D eigenvalue weighted by Gasteiger charge is -2.01. The highest BCUT2D eigenvalue weighted by Gasteiger charge is 2.09. The predicted octanol–water partition coefficient (Wildman–Crippen LogP) is 2.61. The monoisotopic (exact) mass is 273 g/mol. The van der Waals surface area contributed by atoms with Gasteiger partial charge in [-0.2, -0.15) is 0 Å². The molecule has 2 N–H and O–H groups in total. The summed E-state index contributed by atoms with van der Waals surface area (Å²) in [6.45, 7) is 0.194. The van der Waals surface area contributed by atoms with Gasteiger partial charge in [-0.1, -0.05) is 35.5 Å². The smallest absolute Gasteiger partial charge is 0.276 e. The predicted molar refractivity (Wildman–Crippen MR) is 63.2 cm³/mol. The number of hydrogen-bond donors (Lipinski definition) is 1. The number of halogens is 2. The minimum Gasteiger partial charge on any atom is -0.415 e. The minimum atomic E-state index is -0.416. The number of thioether (sulfide) groups is 1. The molecule has 0 aliphatic carbocycles. The second-order valence-corrected chi connectivity index (χ2v) is 4.50. The Bertz CT molecular complexity index is 520. The Morgan fingerprint density at radius 3 is 2.94 bits per heavy atom. The van der Waals surface area contributed by atoms with Crippen LogP contribution in [-0.4, -0.2) is 10.2 Å². The Labute approximate surface area is 106 Å². The largest absolute Gasteiger partial charge is 0.415 e. The van der Waals surface area contributed by atoms with Crippen molar-refractivity contribution in [3.8, 4) is 0 Å². The maximum Gasteiger partial charge on any atom is 0.276 e. The van der Waals surface area contributed by atoms with Crippen LogP contribution < -0.4 is 5.73 Å². The van der Waals surface area contributed by atoms with E-state index >= 15 is 0 Å². The average molecular weight is 274 g/mol. The molecule has 4 nitrogen and oxygen atoms in total. The lowest BCUT2D eigenvalue weighted by atomic mass is 10.2. The van der Waals surface area contributed by atoms with Crippen molar-refractivity contribution in [1.82, 2.24) is 10.2 Å². The van der Waals surface area contributed by atoms with E-state index in [1.165, 1.54) is 17.8 Å². The zero-order valence-electron chi connectivity index (χ0n) is 8.69. The molecule has 0 unspecified atom stereocenters. The minimum absolute atomic E-state index is 0.108. The molecular weight excluding hydrogens is 265 g/mol. The van der Waals surface area contributed by atoms with Crippen LogP contribution in [0.5, 0.6) is 0 Å². The van der Waals surface area contributed by atoms with Gasteiger partial charge < -0.3 is 10.2 Å². The van der Waals surface area contributed by atoms with Crippen LogP contribution in [0, 0.1) is 5.82 Å². The van der Waals surface area contributed by atoms with Gasteiger partial charge >= 0.3 is 0 Å². The van der Waals surface area contributed by atoms with Crippen LogP contribution in [0.3, 0.4) is 0 Å². The van der Waals surface area contributed by atoms with Crippen LogP contribution in [-0.2, 0) is 12.3 Å². The molecule has 90 valence electrons. The van der Waals surface area contributed by atoms with Gasteiger partial charge in [-0.05, 0) is 11.6 Å². The van der Waals surface area contributed by atoms with Gasteiger partial charge in [0.1, 0.15) is 5.82 Å². The SMILES string of the molecule is NCc1nnc(SCc2cccc(Cl)c2F)o1. The molecule has 0 atom stereocenters. The fourth-order valence-electron chi connectivity index (χ4n) is 1.18. The van der Waals surface area contributed by atoms with Gasteiger partial charge in [0.05, 0.1) is 11.6 Å². The molecule has 1 heterocycles. The number of nitrogens with zero attached hydrogens (tertiary/aromatic N) is 2. The van der Waals surface area contributed by atoms with Crippen molar-refractivity contribution < 1.29 is 8.81 Å². The third-order valence-corrected chi connectivity index (χ3v) is 3.16. The molecule has 0 saturated carbocycles. The highest BCUT2D eigenvalue weighted by molar-refractivity contribution is 7.98. The summed E-state index contributed by atoms with van der Waals surface area (Å²) in [4.78, 5) is 0. The van der Waals surface area contributed by atoms with Gasteiger partial charge in [0.15, 0.2) is 0 Å². The summed E-state index contributed by atoms with van der Waals surface area (Å²) in [5.74, 6) is 0.317. The molecule has 2 rings (SSSR count). The van der Waals surface area contributed by atoms with Crippen molar-refractivity contribution in [2.75, 3.05) is 0 Å². The van der Waals surface area contributed by atoms with Crippen LogP contribution >= 0.6 is 23.4 Å². The molecule has 0 aliphatic heterocycles. The zero-order chi connectivity index (χ0) is 12.3. The average Bonchev–Trinajstić information content (AvgIpc) is 2.79. The highest BCUT2D eigenvalue weighted by atomic mass is 35.5. The van der Waals surface area contributed by atoms with Crippen molar-refractivity contribution in [2.45, 2.75) is 17.5 Å². The first-order valence-corrected chi connectivity index (χ1v) is 6.15. The summed E-state index contributed by atoms with van der Waals surface area (Å²) >= 11 is 6.91. The van der Waals surface area contributed by atoms with Crippen molar-refractivity contribution >= 4 is 23.4 Å². The second kappa shape index (κ2) is 5.48. The summed E-state index contributed by atoms with van der Waals surface area (Å²) < 4.78 is 18.7. The molecule has 17 heavy (non-hydrogen) atoms. The van der Waals surface area contributed by atoms with E-state index in [2.05, 4.69) is 10.2 Å². The van der Waals surface area contributed by atoms with Crippen molar-refractivity contribution in [1.29, 1.82) is 0 Å². The highest BCUT2D eigenvalue weighted by Crippen LogP contribution is 2.25. The fraction of sp³-hybridized carbons (Fsp3) is 0.200. The summed E-state index contributed by atoms with van der Waals surface area (Å²) in [5.41, 5.74) is 5.83. The normalized spacial score (nSPS) is 10.8.